The summed E-state index contributed by atoms with van der Waals surface area (Å²) in [5, 5.41) is 0. The summed E-state index contributed by atoms with van der Waals surface area (Å²) in [5.41, 5.74) is 1.53. The molecule has 21 heavy (non-hydrogen) atoms. The van der Waals surface area contributed by atoms with Gasteiger partial charge in [-0.15, -0.1) is 0 Å². The third-order valence-corrected chi connectivity index (χ3v) is 3.86. The van der Waals surface area contributed by atoms with Crippen LogP contribution < -0.4 is 9.05 Å². The van der Waals surface area contributed by atoms with Gasteiger partial charge in [0.1, 0.15) is 11.5 Å². The highest BCUT2D eigenvalue weighted by Gasteiger charge is 2.22. The molecule has 0 fully saturated rings. The van der Waals surface area contributed by atoms with Crippen LogP contribution in [0.5, 0.6) is 11.5 Å². The fourth-order valence-electron chi connectivity index (χ4n) is 1.84. The maximum Gasteiger partial charge on any atom is 0.427 e. The first-order chi connectivity index (χ1) is 10.1. The van der Waals surface area contributed by atoms with Crippen molar-refractivity contribution in [3.8, 4) is 11.5 Å². The molecule has 2 aromatic carbocycles. The lowest BCUT2D eigenvalue weighted by atomic mass is 10.2. The molecule has 0 spiro atoms. The number of hydrogen-bond acceptors (Lipinski definition) is 3. The van der Waals surface area contributed by atoms with Crippen molar-refractivity contribution in [1.82, 2.24) is 0 Å². The molecule has 108 valence electrons. The Hall–Kier alpha value is -2.25. The second-order valence-corrected chi connectivity index (χ2v) is 6.35. The molecule has 0 atom stereocenters. The Morgan fingerprint density at radius 2 is 1.24 bits per heavy atom. The summed E-state index contributed by atoms with van der Waals surface area (Å²) in [4.78, 5) is 0. The number of rotatable bonds is 6. The minimum atomic E-state index is -3.31. The monoisotopic (exact) mass is 300 g/mol. The van der Waals surface area contributed by atoms with Crippen molar-refractivity contribution < 1.29 is 13.6 Å². The van der Waals surface area contributed by atoms with E-state index in [1.54, 1.807) is 36.4 Å². The summed E-state index contributed by atoms with van der Waals surface area (Å²) in [6.45, 7) is 8.86. The summed E-state index contributed by atoms with van der Waals surface area (Å²) in [6, 6.07) is 14.5. The predicted molar refractivity (Wildman–Crippen MR) is 87.9 cm³/mol. The standard InChI is InChI=1S/C17H17O3P/c1-4-14-10-6-8-12-16(14)19-21(3,18)20-17-13-9-7-11-15(17)5-2/h4-13H,1-2H2,3H3. The summed E-state index contributed by atoms with van der Waals surface area (Å²) in [7, 11) is -3.31. The molecule has 4 heteroatoms. The first-order valence-electron chi connectivity index (χ1n) is 6.45. The molecule has 0 unspecified atom stereocenters. The van der Waals surface area contributed by atoms with Gasteiger partial charge >= 0.3 is 7.60 Å². The summed E-state index contributed by atoms with van der Waals surface area (Å²) in [6.07, 6.45) is 3.29. The Morgan fingerprint density at radius 3 is 1.62 bits per heavy atom. The van der Waals surface area contributed by atoms with Crippen molar-refractivity contribution in [3.05, 3.63) is 72.8 Å². The van der Waals surface area contributed by atoms with Gasteiger partial charge in [0.15, 0.2) is 0 Å². The van der Waals surface area contributed by atoms with Crippen LogP contribution >= 0.6 is 7.60 Å². The van der Waals surface area contributed by atoms with Gasteiger partial charge in [0, 0.05) is 11.1 Å². The average Bonchev–Trinajstić information content (AvgIpc) is 2.47. The van der Waals surface area contributed by atoms with Crippen molar-refractivity contribution in [1.29, 1.82) is 0 Å². The molecule has 2 aromatic rings. The van der Waals surface area contributed by atoms with E-state index in [0.29, 0.717) is 11.5 Å². The Morgan fingerprint density at radius 1 is 0.857 bits per heavy atom. The molecule has 0 saturated heterocycles. The Bertz CT molecular complexity index is 649. The second-order valence-electron chi connectivity index (χ2n) is 4.44. The number of benzene rings is 2. The topological polar surface area (TPSA) is 35.5 Å². The van der Waals surface area contributed by atoms with Gasteiger partial charge in [-0.2, -0.15) is 0 Å². The maximum atomic E-state index is 12.6. The van der Waals surface area contributed by atoms with Gasteiger partial charge in [-0.3, -0.25) is 0 Å². The van der Waals surface area contributed by atoms with Crippen LogP contribution in [-0.2, 0) is 4.57 Å². The van der Waals surface area contributed by atoms with Crippen LogP contribution in [0.3, 0.4) is 0 Å². The number of para-hydroxylation sites is 2. The van der Waals surface area contributed by atoms with Crippen LogP contribution in [0.1, 0.15) is 11.1 Å². The molecule has 0 heterocycles. The SMILES string of the molecule is C=Cc1ccccc1OP(C)(=O)Oc1ccccc1C=C. The quantitative estimate of drug-likeness (QED) is 0.683. The summed E-state index contributed by atoms with van der Waals surface area (Å²) < 4.78 is 23.7. The summed E-state index contributed by atoms with van der Waals surface area (Å²) in [5.74, 6) is 0.962. The van der Waals surface area contributed by atoms with Crippen molar-refractivity contribution in [2.75, 3.05) is 6.66 Å². The normalized spacial score (nSPS) is 10.7. The smallest absolute Gasteiger partial charge is 0.416 e. The molecule has 0 N–H and O–H groups in total. The van der Waals surface area contributed by atoms with Crippen LogP contribution in [0, 0.1) is 0 Å². The van der Waals surface area contributed by atoms with E-state index in [4.69, 9.17) is 9.05 Å². The molecule has 0 aliphatic carbocycles. The van der Waals surface area contributed by atoms with Gasteiger partial charge < -0.3 is 9.05 Å². The highest BCUT2D eigenvalue weighted by molar-refractivity contribution is 7.53. The molecule has 0 aliphatic rings. The molecular formula is C17H17O3P. The van der Waals surface area contributed by atoms with Crippen molar-refractivity contribution in [2.45, 2.75) is 0 Å². The Balaban J connectivity index is 2.24. The second kappa shape index (κ2) is 6.47. The van der Waals surface area contributed by atoms with Crippen molar-refractivity contribution >= 4 is 19.7 Å². The van der Waals surface area contributed by atoms with Crippen LogP contribution in [-0.4, -0.2) is 6.66 Å². The van der Waals surface area contributed by atoms with Gasteiger partial charge in [0.25, 0.3) is 0 Å². The lowest BCUT2D eigenvalue weighted by molar-refractivity contribution is 0.393. The predicted octanol–water partition coefficient (Wildman–Crippen LogP) is 5.25. The van der Waals surface area contributed by atoms with Gasteiger partial charge in [-0.25, -0.2) is 4.57 Å². The van der Waals surface area contributed by atoms with E-state index >= 15 is 0 Å². The van der Waals surface area contributed by atoms with Gasteiger partial charge in [-0.1, -0.05) is 61.7 Å². The lowest BCUT2D eigenvalue weighted by Crippen LogP contribution is -2.01. The van der Waals surface area contributed by atoms with E-state index in [1.807, 2.05) is 24.3 Å². The molecule has 0 saturated carbocycles. The van der Waals surface area contributed by atoms with Crippen molar-refractivity contribution in [3.63, 3.8) is 0 Å². The van der Waals surface area contributed by atoms with E-state index in [1.165, 1.54) is 6.66 Å². The van der Waals surface area contributed by atoms with E-state index in [9.17, 15) is 4.57 Å². The van der Waals surface area contributed by atoms with Crippen LogP contribution in [0.4, 0.5) is 0 Å². The highest BCUT2D eigenvalue weighted by atomic mass is 31.2. The molecule has 0 aromatic heterocycles. The maximum absolute atomic E-state index is 12.6. The third-order valence-electron chi connectivity index (χ3n) is 2.81. The van der Waals surface area contributed by atoms with Crippen LogP contribution in [0.25, 0.3) is 12.2 Å². The minimum Gasteiger partial charge on any atom is -0.416 e. The molecule has 3 nitrogen and oxygen atoms in total. The zero-order valence-electron chi connectivity index (χ0n) is 11.9. The highest BCUT2D eigenvalue weighted by Crippen LogP contribution is 2.46. The van der Waals surface area contributed by atoms with Gasteiger partial charge in [0.05, 0.1) is 6.66 Å². The minimum absolute atomic E-state index is 0.481. The first-order valence-corrected chi connectivity index (χ1v) is 8.44. The summed E-state index contributed by atoms with van der Waals surface area (Å²) >= 11 is 0. The largest absolute Gasteiger partial charge is 0.427 e. The molecule has 0 aliphatic heterocycles. The average molecular weight is 300 g/mol. The molecule has 2 rings (SSSR count). The Kier molecular flexibility index (Phi) is 4.66. The third kappa shape index (κ3) is 3.87. The molecule has 0 amide bonds. The zero-order valence-corrected chi connectivity index (χ0v) is 12.8. The van der Waals surface area contributed by atoms with Gasteiger partial charge in [-0.05, 0) is 12.1 Å². The van der Waals surface area contributed by atoms with E-state index in [0.717, 1.165) is 11.1 Å². The van der Waals surface area contributed by atoms with E-state index in [2.05, 4.69) is 13.2 Å². The van der Waals surface area contributed by atoms with Crippen LogP contribution in [0.2, 0.25) is 0 Å². The first kappa shape index (κ1) is 15.1. The van der Waals surface area contributed by atoms with Crippen LogP contribution in [0.15, 0.2) is 61.7 Å². The molecule has 0 radical (unpaired) electrons. The zero-order chi connectivity index (χ0) is 15.3. The lowest BCUT2D eigenvalue weighted by Gasteiger charge is -2.18. The fraction of sp³-hybridized carbons (Fsp3) is 0.0588. The molecule has 0 bridgehead atoms. The van der Waals surface area contributed by atoms with E-state index in [-0.39, 0.29) is 0 Å². The fourth-order valence-corrected chi connectivity index (χ4v) is 2.92. The Labute approximate surface area is 125 Å². The van der Waals surface area contributed by atoms with E-state index < -0.39 is 7.60 Å². The number of hydrogen-bond donors (Lipinski definition) is 0. The van der Waals surface area contributed by atoms with Crippen molar-refractivity contribution in [2.24, 2.45) is 0 Å². The molecular weight excluding hydrogens is 283 g/mol. The van der Waals surface area contributed by atoms with Gasteiger partial charge in [0.2, 0.25) is 0 Å².